The van der Waals surface area contributed by atoms with E-state index in [4.69, 9.17) is 10.8 Å². The second-order valence-electron chi connectivity index (χ2n) is 3.79. The van der Waals surface area contributed by atoms with Crippen molar-refractivity contribution in [3.8, 4) is 0 Å². The number of carboxylic acid groups (broad SMARTS) is 1. The number of nitrogens with zero attached hydrogens (tertiary/aromatic N) is 1. The fourth-order valence-electron chi connectivity index (χ4n) is 1.65. The topological polar surface area (TPSA) is 88.2 Å². The highest BCUT2D eigenvalue weighted by atomic mass is 32.1. The monoisotopic (exact) mass is 281 g/mol. The first kappa shape index (κ1) is 13.3. The number of rotatable bonds is 5. The molecule has 100 valence electrons. The molecule has 0 unspecified atom stereocenters. The first-order valence-electron chi connectivity index (χ1n) is 5.53. The van der Waals surface area contributed by atoms with Crippen LogP contribution in [0.25, 0.3) is 0 Å². The second kappa shape index (κ2) is 5.66. The molecule has 4 N–H and O–H groups in total. The summed E-state index contributed by atoms with van der Waals surface area (Å²) in [4.78, 5) is 15.2. The van der Waals surface area contributed by atoms with Gasteiger partial charge in [-0.3, -0.25) is 0 Å². The van der Waals surface area contributed by atoms with Crippen molar-refractivity contribution in [2.24, 2.45) is 0 Å². The number of nitrogen functional groups attached to an aromatic ring is 1. The Morgan fingerprint density at radius 1 is 1.53 bits per heavy atom. The standard InChI is InChI=1S/C12H12FN3O2S/c13-7-1-2-8(10(11(7)14)12(17)18)15-4-3-9-16-5-6-19-9/h1-2,5-6,15H,3-4,14H2,(H,17,18). The fraction of sp³-hybridized carbons (Fsp3) is 0.167. The van der Waals surface area contributed by atoms with Crippen LogP contribution in [0.1, 0.15) is 15.4 Å². The zero-order valence-corrected chi connectivity index (χ0v) is 10.7. The quantitative estimate of drug-likeness (QED) is 0.731. The van der Waals surface area contributed by atoms with Crippen molar-refractivity contribution in [2.45, 2.75) is 6.42 Å². The molecule has 0 bridgehead atoms. The predicted molar refractivity (Wildman–Crippen MR) is 72.1 cm³/mol. The minimum absolute atomic E-state index is 0.237. The fourth-order valence-corrected chi connectivity index (χ4v) is 2.27. The third-order valence-corrected chi connectivity index (χ3v) is 3.38. The smallest absolute Gasteiger partial charge is 0.340 e. The zero-order chi connectivity index (χ0) is 13.8. The maximum atomic E-state index is 13.2. The zero-order valence-electron chi connectivity index (χ0n) is 9.89. The molecule has 0 amide bonds. The van der Waals surface area contributed by atoms with Crippen LogP contribution < -0.4 is 11.1 Å². The molecule has 0 aliphatic rings. The number of halogens is 1. The number of aromatic nitrogens is 1. The number of anilines is 2. The number of nitrogens with one attached hydrogen (secondary N) is 1. The normalized spacial score (nSPS) is 10.4. The molecule has 19 heavy (non-hydrogen) atoms. The Hall–Kier alpha value is -2.15. The Morgan fingerprint density at radius 2 is 2.32 bits per heavy atom. The molecule has 0 atom stereocenters. The van der Waals surface area contributed by atoms with Crippen LogP contribution in [0.4, 0.5) is 15.8 Å². The van der Waals surface area contributed by atoms with E-state index in [9.17, 15) is 9.18 Å². The first-order valence-corrected chi connectivity index (χ1v) is 6.41. The van der Waals surface area contributed by atoms with Gasteiger partial charge in [0, 0.05) is 24.5 Å². The average molecular weight is 281 g/mol. The van der Waals surface area contributed by atoms with Gasteiger partial charge in [-0.15, -0.1) is 11.3 Å². The molecule has 2 rings (SSSR count). The van der Waals surface area contributed by atoms with Crippen LogP contribution in [-0.2, 0) is 6.42 Å². The summed E-state index contributed by atoms with van der Waals surface area (Å²) in [5, 5.41) is 14.8. The Morgan fingerprint density at radius 3 is 2.95 bits per heavy atom. The Bertz CT molecular complexity index is 587. The molecule has 2 aromatic rings. The van der Waals surface area contributed by atoms with Gasteiger partial charge in [-0.25, -0.2) is 14.2 Å². The highest BCUT2D eigenvalue weighted by Gasteiger charge is 2.17. The molecule has 1 aromatic heterocycles. The van der Waals surface area contributed by atoms with Crippen LogP contribution in [0.2, 0.25) is 0 Å². The van der Waals surface area contributed by atoms with E-state index in [0.717, 1.165) is 11.1 Å². The van der Waals surface area contributed by atoms with Gasteiger partial charge in [0.2, 0.25) is 0 Å². The summed E-state index contributed by atoms with van der Waals surface area (Å²) in [6, 6.07) is 2.52. The number of benzene rings is 1. The molecule has 5 nitrogen and oxygen atoms in total. The molecule has 0 aliphatic carbocycles. The minimum Gasteiger partial charge on any atom is -0.478 e. The number of hydrogen-bond donors (Lipinski definition) is 3. The van der Waals surface area contributed by atoms with E-state index in [-0.39, 0.29) is 11.3 Å². The molecular weight excluding hydrogens is 269 g/mol. The first-order chi connectivity index (χ1) is 9.09. The van der Waals surface area contributed by atoms with Crippen LogP contribution >= 0.6 is 11.3 Å². The molecule has 0 fully saturated rings. The van der Waals surface area contributed by atoms with Crippen molar-refractivity contribution in [3.63, 3.8) is 0 Å². The van der Waals surface area contributed by atoms with E-state index in [1.54, 1.807) is 6.20 Å². The van der Waals surface area contributed by atoms with Gasteiger partial charge in [-0.05, 0) is 12.1 Å². The van der Waals surface area contributed by atoms with Crippen molar-refractivity contribution in [1.82, 2.24) is 4.98 Å². The molecule has 0 saturated heterocycles. The summed E-state index contributed by atoms with van der Waals surface area (Å²) in [5.74, 6) is -1.99. The van der Waals surface area contributed by atoms with E-state index in [1.807, 2.05) is 5.38 Å². The number of thiazole rings is 1. The maximum absolute atomic E-state index is 13.2. The van der Waals surface area contributed by atoms with Crippen LogP contribution in [0.5, 0.6) is 0 Å². The third-order valence-electron chi connectivity index (χ3n) is 2.54. The highest BCUT2D eigenvalue weighted by molar-refractivity contribution is 7.09. The minimum atomic E-state index is -1.26. The second-order valence-corrected chi connectivity index (χ2v) is 4.77. The van der Waals surface area contributed by atoms with Crippen molar-refractivity contribution in [1.29, 1.82) is 0 Å². The maximum Gasteiger partial charge on any atom is 0.340 e. The van der Waals surface area contributed by atoms with Crippen LogP contribution in [0, 0.1) is 5.82 Å². The van der Waals surface area contributed by atoms with Gasteiger partial charge in [0.25, 0.3) is 0 Å². The van der Waals surface area contributed by atoms with Gasteiger partial charge in [-0.2, -0.15) is 0 Å². The highest BCUT2D eigenvalue weighted by Crippen LogP contribution is 2.25. The average Bonchev–Trinajstić information content (AvgIpc) is 2.86. The van der Waals surface area contributed by atoms with Gasteiger partial charge < -0.3 is 16.2 Å². The van der Waals surface area contributed by atoms with Crippen molar-refractivity contribution < 1.29 is 14.3 Å². The lowest BCUT2D eigenvalue weighted by Crippen LogP contribution is -2.12. The summed E-state index contributed by atoms with van der Waals surface area (Å²) in [5.41, 5.74) is 5.16. The molecule has 0 aliphatic heterocycles. The third kappa shape index (κ3) is 3.00. The summed E-state index contributed by atoms with van der Waals surface area (Å²) in [6.45, 7) is 0.499. The lowest BCUT2D eigenvalue weighted by Gasteiger charge is -2.11. The van der Waals surface area contributed by atoms with Crippen molar-refractivity contribution in [2.75, 3.05) is 17.6 Å². The SMILES string of the molecule is Nc1c(F)ccc(NCCc2nccs2)c1C(=O)O. The van der Waals surface area contributed by atoms with E-state index < -0.39 is 11.8 Å². The molecule has 1 aromatic carbocycles. The van der Waals surface area contributed by atoms with Gasteiger partial charge in [0.15, 0.2) is 0 Å². The number of carbonyl (C=O) groups is 1. The van der Waals surface area contributed by atoms with Crippen LogP contribution in [0.3, 0.4) is 0 Å². The molecule has 0 spiro atoms. The van der Waals surface area contributed by atoms with Crippen LogP contribution in [0.15, 0.2) is 23.7 Å². The summed E-state index contributed by atoms with van der Waals surface area (Å²) in [7, 11) is 0. The molecular formula is C12H12FN3O2S. The predicted octanol–water partition coefficient (Wildman–Crippen LogP) is 2.22. The summed E-state index contributed by atoms with van der Waals surface area (Å²) < 4.78 is 13.2. The van der Waals surface area contributed by atoms with Crippen LogP contribution in [-0.4, -0.2) is 22.6 Å². The molecule has 0 radical (unpaired) electrons. The lowest BCUT2D eigenvalue weighted by atomic mass is 10.1. The van der Waals surface area contributed by atoms with Gasteiger partial charge in [0.05, 0.1) is 16.4 Å². The van der Waals surface area contributed by atoms with Crippen molar-refractivity contribution >= 4 is 28.7 Å². The number of carboxylic acids is 1. The Labute approximate surface area is 112 Å². The lowest BCUT2D eigenvalue weighted by molar-refractivity contribution is 0.0698. The molecule has 1 heterocycles. The molecule has 7 heteroatoms. The van der Waals surface area contributed by atoms with Gasteiger partial charge in [0.1, 0.15) is 11.4 Å². The Balaban J connectivity index is 2.11. The van der Waals surface area contributed by atoms with Gasteiger partial charge >= 0.3 is 5.97 Å². The van der Waals surface area contributed by atoms with E-state index in [1.165, 1.54) is 17.4 Å². The number of aromatic carboxylic acids is 1. The summed E-state index contributed by atoms with van der Waals surface area (Å²) >= 11 is 1.52. The summed E-state index contributed by atoms with van der Waals surface area (Å²) in [6.07, 6.45) is 2.37. The number of hydrogen-bond acceptors (Lipinski definition) is 5. The Kier molecular flexibility index (Phi) is 3.96. The van der Waals surface area contributed by atoms with Gasteiger partial charge in [-0.1, -0.05) is 0 Å². The van der Waals surface area contributed by atoms with E-state index >= 15 is 0 Å². The largest absolute Gasteiger partial charge is 0.478 e. The number of nitrogens with two attached hydrogens (primary N) is 1. The van der Waals surface area contributed by atoms with E-state index in [0.29, 0.717) is 18.7 Å². The van der Waals surface area contributed by atoms with Crippen molar-refractivity contribution in [3.05, 3.63) is 40.1 Å². The molecule has 0 saturated carbocycles. The van der Waals surface area contributed by atoms with E-state index in [2.05, 4.69) is 10.3 Å².